The molecule has 0 rings (SSSR count). The van der Waals surface area contributed by atoms with E-state index in [2.05, 4.69) is 0 Å². The first-order valence-electron chi connectivity index (χ1n) is 5.47. The SMILES string of the molecule is O=C(CO)C(O)C(O)CO.O=C(CO)[C@@H](O)[C@H](O)CO. The maximum atomic E-state index is 10.3. The lowest BCUT2D eigenvalue weighted by molar-refractivity contribution is -0.137. The Morgan fingerprint density at radius 1 is 0.650 bits per heavy atom. The van der Waals surface area contributed by atoms with Crippen LogP contribution in [0, 0.1) is 0 Å². The van der Waals surface area contributed by atoms with Gasteiger partial charge < -0.3 is 40.9 Å². The van der Waals surface area contributed by atoms with Crippen molar-refractivity contribution in [1.29, 1.82) is 0 Å². The first kappa shape index (κ1) is 21.3. The summed E-state index contributed by atoms with van der Waals surface area (Å²) in [6, 6.07) is 0. The van der Waals surface area contributed by atoms with E-state index in [0.717, 1.165) is 0 Å². The standard InChI is InChI=1S/2C5H10O5/c2*6-1-3(8)5(10)4(9)2-7/h2*3,5-8,10H,1-2H2/t3-,5+;/m1./s1. The minimum atomic E-state index is -1.69. The summed E-state index contributed by atoms with van der Waals surface area (Å²) in [5.41, 5.74) is 0. The van der Waals surface area contributed by atoms with Gasteiger partial charge in [0, 0.05) is 0 Å². The van der Waals surface area contributed by atoms with Crippen LogP contribution in [0.5, 0.6) is 0 Å². The van der Waals surface area contributed by atoms with Gasteiger partial charge in [-0.1, -0.05) is 0 Å². The summed E-state index contributed by atoms with van der Waals surface area (Å²) in [5, 5.41) is 67.2. The average molecular weight is 300 g/mol. The maximum absolute atomic E-state index is 10.3. The molecule has 0 aliphatic heterocycles. The topological polar surface area (TPSA) is 196 Å². The fourth-order valence-corrected chi connectivity index (χ4v) is 0.816. The van der Waals surface area contributed by atoms with E-state index in [1.54, 1.807) is 0 Å². The van der Waals surface area contributed by atoms with Crippen molar-refractivity contribution in [3.8, 4) is 0 Å². The Morgan fingerprint density at radius 3 is 1.05 bits per heavy atom. The molecule has 0 bridgehead atoms. The Bertz CT molecular complexity index is 253. The third-order valence-electron chi connectivity index (χ3n) is 2.07. The molecule has 0 radical (unpaired) electrons. The van der Waals surface area contributed by atoms with Crippen LogP contribution < -0.4 is 0 Å². The van der Waals surface area contributed by atoms with Crippen molar-refractivity contribution in [3.05, 3.63) is 0 Å². The fraction of sp³-hybridized carbons (Fsp3) is 0.800. The quantitative estimate of drug-likeness (QED) is 0.214. The smallest absolute Gasteiger partial charge is 0.189 e. The van der Waals surface area contributed by atoms with Crippen LogP contribution in [-0.2, 0) is 9.59 Å². The Hall–Kier alpha value is -0.980. The van der Waals surface area contributed by atoms with Crippen LogP contribution >= 0.6 is 0 Å². The molecule has 0 heterocycles. The fourth-order valence-electron chi connectivity index (χ4n) is 0.816. The Balaban J connectivity index is 0. The van der Waals surface area contributed by atoms with Crippen molar-refractivity contribution in [3.63, 3.8) is 0 Å². The zero-order valence-electron chi connectivity index (χ0n) is 10.5. The normalized spacial score (nSPS) is 16.4. The molecule has 10 nitrogen and oxygen atoms in total. The van der Waals surface area contributed by atoms with Crippen molar-refractivity contribution in [2.45, 2.75) is 24.4 Å². The lowest BCUT2D eigenvalue weighted by Gasteiger charge is -2.11. The van der Waals surface area contributed by atoms with Crippen LogP contribution in [0.25, 0.3) is 0 Å². The monoisotopic (exact) mass is 300 g/mol. The molecule has 0 aliphatic carbocycles. The molecule has 8 N–H and O–H groups in total. The van der Waals surface area contributed by atoms with Gasteiger partial charge in [0.05, 0.1) is 13.2 Å². The second-order valence-corrected chi connectivity index (χ2v) is 3.64. The van der Waals surface area contributed by atoms with E-state index in [1.807, 2.05) is 0 Å². The summed E-state index contributed by atoms with van der Waals surface area (Å²) in [4.78, 5) is 20.7. The molecule has 0 aromatic heterocycles. The highest BCUT2D eigenvalue weighted by Gasteiger charge is 2.22. The van der Waals surface area contributed by atoms with Crippen molar-refractivity contribution < 1.29 is 50.4 Å². The van der Waals surface area contributed by atoms with E-state index in [4.69, 9.17) is 40.9 Å². The van der Waals surface area contributed by atoms with E-state index in [-0.39, 0.29) is 0 Å². The highest BCUT2D eigenvalue weighted by atomic mass is 16.4. The minimum absolute atomic E-state index is 0.701. The van der Waals surface area contributed by atoms with Gasteiger partial charge in [-0.15, -0.1) is 0 Å². The molecule has 0 saturated carbocycles. The Morgan fingerprint density at radius 2 is 0.900 bits per heavy atom. The molecule has 0 amide bonds. The van der Waals surface area contributed by atoms with Crippen LogP contribution in [0.15, 0.2) is 0 Å². The van der Waals surface area contributed by atoms with E-state index < -0.39 is 62.4 Å². The van der Waals surface area contributed by atoms with E-state index >= 15 is 0 Å². The highest BCUT2D eigenvalue weighted by Crippen LogP contribution is 1.93. The largest absolute Gasteiger partial charge is 0.394 e. The van der Waals surface area contributed by atoms with Crippen molar-refractivity contribution >= 4 is 11.6 Å². The van der Waals surface area contributed by atoms with Crippen molar-refractivity contribution in [1.82, 2.24) is 0 Å². The van der Waals surface area contributed by atoms with Gasteiger partial charge >= 0.3 is 0 Å². The van der Waals surface area contributed by atoms with Crippen LogP contribution in [0.1, 0.15) is 0 Å². The molecular weight excluding hydrogens is 280 g/mol. The van der Waals surface area contributed by atoms with Gasteiger partial charge in [-0.2, -0.15) is 0 Å². The highest BCUT2D eigenvalue weighted by molar-refractivity contribution is 5.84. The number of aliphatic hydroxyl groups excluding tert-OH is 8. The zero-order valence-corrected chi connectivity index (χ0v) is 10.5. The molecule has 2 unspecified atom stereocenters. The van der Waals surface area contributed by atoms with Gasteiger partial charge in [-0.05, 0) is 0 Å². The van der Waals surface area contributed by atoms with E-state index in [1.165, 1.54) is 0 Å². The summed E-state index contributed by atoms with van der Waals surface area (Å²) in [5.74, 6) is -1.80. The molecule has 0 aliphatic rings. The lowest BCUT2D eigenvalue weighted by atomic mass is 10.1. The van der Waals surface area contributed by atoms with Gasteiger partial charge in [0.1, 0.15) is 37.6 Å². The van der Waals surface area contributed by atoms with Crippen molar-refractivity contribution in [2.75, 3.05) is 26.4 Å². The number of carbonyl (C=O) groups excluding carboxylic acids is 2. The summed E-state index contributed by atoms with van der Waals surface area (Å²) in [6.07, 6.45) is -6.37. The third-order valence-corrected chi connectivity index (χ3v) is 2.07. The molecule has 0 aromatic rings. The predicted molar refractivity (Wildman–Crippen MR) is 62.4 cm³/mol. The zero-order chi connectivity index (χ0) is 16.3. The maximum Gasteiger partial charge on any atom is 0.189 e. The predicted octanol–water partition coefficient (Wildman–Crippen LogP) is -5.48. The van der Waals surface area contributed by atoms with Crippen LogP contribution in [0.4, 0.5) is 0 Å². The first-order chi connectivity index (χ1) is 9.26. The average Bonchev–Trinajstić information content (AvgIpc) is 2.50. The number of aliphatic hydroxyl groups is 8. The van der Waals surface area contributed by atoms with Crippen molar-refractivity contribution in [2.24, 2.45) is 0 Å². The summed E-state index contributed by atoms with van der Waals surface area (Å²) in [7, 11) is 0. The molecular formula is C10H20O10. The van der Waals surface area contributed by atoms with Gasteiger partial charge in [0.15, 0.2) is 11.6 Å². The number of hydrogen-bond acceptors (Lipinski definition) is 10. The van der Waals surface area contributed by atoms with Gasteiger partial charge in [-0.3, -0.25) is 9.59 Å². The minimum Gasteiger partial charge on any atom is -0.394 e. The van der Waals surface area contributed by atoms with Gasteiger partial charge in [-0.25, -0.2) is 0 Å². The van der Waals surface area contributed by atoms with Crippen LogP contribution in [0.3, 0.4) is 0 Å². The second-order valence-electron chi connectivity index (χ2n) is 3.64. The van der Waals surface area contributed by atoms with Crippen LogP contribution in [0.2, 0.25) is 0 Å². The first-order valence-corrected chi connectivity index (χ1v) is 5.47. The van der Waals surface area contributed by atoms with E-state index in [0.29, 0.717) is 0 Å². The van der Waals surface area contributed by atoms with Crippen LogP contribution in [-0.4, -0.2) is 103 Å². The number of carbonyl (C=O) groups is 2. The summed E-state index contributed by atoms with van der Waals surface area (Å²) >= 11 is 0. The Labute approximate surface area is 114 Å². The molecule has 4 atom stereocenters. The molecule has 0 saturated heterocycles. The Kier molecular flexibility index (Phi) is 12.6. The summed E-state index contributed by atoms with van der Waals surface area (Å²) in [6.45, 7) is -3.07. The number of hydrogen-bond donors (Lipinski definition) is 8. The number of rotatable bonds is 8. The van der Waals surface area contributed by atoms with Gasteiger partial charge in [0.2, 0.25) is 0 Å². The molecule has 0 spiro atoms. The number of ketones is 2. The molecule has 20 heavy (non-hydrogen) atoms. The lowest BCUT2D eigenvalue weighted by Crippen LogP contribution is -2.37. The molecule has 0 fully saturated rings. The molecule has 10 heteroatoms. The molecule has 120 valence electrons. The number of Topliss-reactive ketones (excluding diaryl/α,β-unsaturated/α-hetero) is 2. The summed E-state index contributed by atoms with van der Waals surface area (Å²) < 4.78 is 0. The molecule has 0 aromatic carbocycles. The van der Waals surface area contributed by atoms with Gasteiger partial charge in [0.25, 0.3) is 0 Å². The third kappa shape index (κ3) is 8.24. The second kappa shape index (κ2) is 11.8. The van der Waals surface area contributed by atoms with E-state index in [9.17, 15) is 9.59 Å².